The van der Waals surface area contributed by atoms with Crippen molar-refractivity contribution in [1.82, 2.24) is 21.3 Å². The zero-order valence-electron chi connectivity index (χ0n) is 52.6. The Morgan fingerprint density at radius 1 is 0.421 bits per heavy atom. The molecule has 0 heterocycles. The molecule has 4 rings (SSSR count). The molecule has 4 amide bonds. The first-order valence-electron chi connectivity index (χ1n) is 27.7. The molecule has 0 aromatic heterocycles. The number of non-ortho nitro benzene ring substituents is 6. The molecule has 37 nitrogen and oxygen atoms in total. The van der Waals surface area contributed by atoms with Gasteiger partial charge in [0, 0.05) is 48.0 Å². The fraction of sp³-hybridized carbons (Fsp3) is 0.456. The van der Waals surface area contributed by atoms with Crippen LogP contribution in [0.5, 0.6) is 0 Å². The fourth-order valence-electron chi connectivity index (χ4n) is 8.04. The number of nitrogens with zero attached hydrogens (tertiary/aromatic N) is 8. The Morgan fingerprint density at radius 3 is 0.821 bits per heavy atom. The molecule has 0 radical (unpaired) electrons. The summed E-state index contributed by atoms with van der Waals surface area (Å²) >= 11 is 0. The normalized spacial score (nSPS) is 13.7. The summed E-state index contributed by atoms with van der Waals surface area (Å²) in [6.45, 7) is 20.3. The number of hydrogen-bond donors (Lipinski definition) is 5. The minimum atomic E-state index is -1.80. The molecule has 5 atom stereocenters. The van der Waals surface area contributed by atoms with Crippen molar-refractivity contribution >= 4 is 99.0 Å². The Kier molecular flexibility index (Phi) is 36.5. The molecule has 0 bridgehead atoms. The van der Waals surface area contributed by atoms with Gasteiger partial charge in [-0.1, -0.05) is 68.0 Å². The minimum absolute atomic E-state index is 0. The molecule has 520 valence electrons. The predicted molar refractivity (Wildman–Crippen MR) is 337 cm³/mol. The van der Waals surface area contributed by atoms with Crippen LogP contribution in [0.15, 0.2) is 83.2 Å². The molecule has 1 aliphatic rings. The average Bonchev–Trinajstić information content (AvgIpc) is 0.842. The molecule has 0 aliphatic heterocycles. The summed E-state index contributed by atoms with van der Waals surface area (Å²) in [6, 6.07) is 4.95. The molecule has 0 fully saturated rings. The van der Waals surface area contributed by atoms with Crippen LogP contribution >= 0.6 is 12.4 Å². The van der Waals surface area contributed by atoms with Crippen molar-refractivity contribution in [3.05, 3.63) is 166 Å². The van der Waals surface area contributed by atoms with Gasteiger partial charge in [0.15, 0.2) is 29.2 Å². The van der Waals surface area contributed by atoms with Gasteiger partial charge >= 0.3 is 0 Å². The van der Waals surface area contributed by atoms with Crippen LogP contribution < -0.4 is 26.5 Å². The van der Waals surface area contributed by atoms with E-state index in [4.69, 9.17) is 0 Å². The molecule has 38 heteroatoms. The molecule has 0 spiro atoms. The number of oxime groups is 1. The van der Waals surface area contributed by atoms with E-state index in [1.165, 1.54) is 27.7 Å². The lowest BCUT2D eigenvalue weighted by atomic mass is 9.97. The second kappa shape index (κ2) is 40.2. The van der Waals surface area contributed by atoms with Crippen LogP contribution in [-0.4, -0.2) is 122 Å². The smallest absolute Gasteiger partial charge is 0.281 e. The monoisotopic (exact) mass is 1360 g/mol. The van der Waals surface area contributed by atoms with Gasteiger partial charge in [0.25, 0.3) is 63.5 Å². The third-order valence-electron chi connectivity index (χ3n) is 12.6. The SMILES string of the molecule is C.CC(=O)C(CC(C)C)NC(=O)c1cc([N+](=O)[O-])cc([N+](=O)[O-])c1.CC(=O)[C@@H](CC(C)C)NC(=O)c1cc([N+](=O)[O-])cc([N+](=O)[O-])c1.CC(=O)[C@H](CC(C)C)NC(=O)C1=C/C(=N/O[O-])C(O)C([N+](=O)[O-])=C1.CC(=O)[C@H](CC(C)C)NC(=O)c1cc([N+](=O)[O-])cc([N+](=O)[O-])c1.Cl. The van der Waals surface area contributed by atoms with E-state index in [1.54, 1.807) is 0 Å². The number of ketones is 4. The lowest BCUT2D eigenvalue weighted by Crippen LogP contribution is -2.42. The Labute approximate surface area is 547 Å². The largest absolute Gasteiger partial charge is 0.638 e. The van der Waals surface area contributed by atoms with Gasteiger partial charge in [-0.05, 0) is 83.1 Å². The molecule has 3 aromatic rings. The van der Waals surface area contributed by atoms with Crippen LogP contribution in [-0.2, 0) is 29.0 Å². The molecule has 3 aromatic carbocycles. The number of carbonyl (C=O) groups excluding carboxylic acids is 8. The average molecular weight is 1360 g/mol. The Balaban J connectivity index is 0. The topological polar surface area (TPSA) is 552 Å². The van der Waals surface area contributed by atoms with Gasteiger partial charge in [-0.15, -0.1) is 12.4 Å². The number of aliphatic hydroxyl groups excluding tert-OH is 1. The van der Waals surface area contributed by atoms with Gasteiger partial charge in [0.05, 0.1) is 93.5 Å². The summed E-state index contributed by atoms with van der Waals surface area (Å²) in [5.41, 5.74) is -5.52. The molecule has 0 saturated heterocycles. The number of Topliss-reactive ketones (excluding diaryl/α,β-unsaturated/α-hetero) is 4. The lowest BCUT2D eigenvalue weighted by molar-refractivity contribution is -0.691. The first-order chi connectivity index (χ1) is 43.0. The van der Waals surface area contributed by atoms with Crippen molar-refractivity contribution in [2.24, 2.45) is 28.8 Å². The zero-order chi connectivity index (χ0) is 71.6. The van der Waals surface area contributed by atoms with E-state index in [0.717, 1.165) is 66.7 Å². The molecular formula is C57H74ClN12O25-. The van der Waals surface area contributed by atoms with Gasteiger partial charge in [-0.3, -0.25) is 109 Å². The van der Waals surface area contributed by atoms with Crippen molar-refractivity contribution in [2.75, 3.05) is 0 Å². The van der Waals surface area contributed by atoms with Gasteiger partial charge in [-0.25, -0.2) is 0 Å². The third-order valence-corrected chi connectivity index (χ3v) is 12.6. The Bertz CT molecular complexity index is 3130. The summed E-state index contributed by atoms with van der Waals surface area (Å²) in [4.78, 5) is 168. The van der Waals surface area contributed by atoms with E-state index in [9.17, 15) is 120 Å². The van der Waals surface area contributed by atoms with E-state index in [2.05, 4.69) is 31.4 Å². The third kappa shape index (κ3) is 29.6. The zero-order valence-corrected chi connectivity index (χ0v) is 53.4. The van der Waals surface area contributed by atoms with E-state index in [-0.39, 0.29) is 88.9 Å². The van der Waals surface area contributed by atoms with Crippen molar-refractivity contribution < 1.29 is 88.2 Å². The van der Waals surface area contributed by atoms with Crippen LogP contribution in [0.2, 0.25) is 0 Å². The van der Waals surface area contributed by atoms with Gasteiger partial charge in [0.2, 0.25) is 0 Å². The van der Waals surface area contributed by atoms with Gasteiger partial charge in [-0.2, -0.15) is 0 Å². The number of rotatable bonds is 28. The number of halogens is 1. The number of hydrogen-bond acceptors (Lipinski definition) is 26. The van der Waals surface area contributed by atoms with Crippen LogP contribution in [0.1, 0.15) is 147 Å². The molecule has 2 unspecified atom stereocenters. The quantitative estimate of drug-likeness (QED) is 0.0278. The van der Waals surface area contributed by atoms with Gasteiger partial charge < -0.3 is 36.6 Å². The first-order valence-corrected chi connectivity index (χ1v) is 27.7. The summed E-state index contributed by atoms with van der Waals surface area (Å²) in [5.74, 6) is -3.53. The number of nitro groups is 7. The second-order valence-electron chi connectivity index (χ2n) is 22.2. The molecular weight excluding hydrogens is 1290 g/mol. The number of benzene rings is 3. The maximum absolute atomic E-state index is 12.3. The van der Waals surface area contributed by atoms with Crippen molar-refractivity contribution in [1.29, 1.82) is 0 Å². The highest BCUT2D eigenvalue weighted by Gasteiger charge is 2.34. The molecule has 5 N–H and O–H groups in total. The van der Waals surface area contributed by atoms with E-state index >= 15 is 0 Å². The standard InChI is InChI=1S/C14H19N3O7.3C14H17N3O6.CH4.ClH/c1-7(2)4-10(8(3)18)15-14(20)9-5-11(16-24-23)13(19)12(6-9)17(21)22;3*1-8(2)4-13(9(3)18)15-14(19)10-5-11(16(20)21)7-12(6-10)17(22)23;;/h5-7,10,13,19,23H,4H2,1-3H3,(H,15,20);3*5-8,13H,4H2,1-3H3,(H,15,19);1H4;1H/p-1/b16-11-;;;;;/t10-,13?;2*13-;;;/m010.../s1. The van der Waals surface area contributed by atoms with Crippen LogP contribution in [0, 0.1) is 94.5 Å². The molecule has 95 heavy (non-hydrogen) atoms. The van der Waals surface area contributed by atoms with Crippen molar-refractivity contribution in [3.63, 3.8) is 0 Å². The van der Waals surface area contributed by atoms with Gasteiger partial charge in [0.1, 0.15) is 5.71 Å². The Morgan fingerprint density at radius 2 is 0.642 bits per heavy atom. The van der Waals surface area contributed by atoms with E-state index in [1.807, 2.05) is 55.4 Å². The van der Waals surface area contributed by atoms with Crippen LogP contribution in [0.4, 0.5) is 34.1 Å². The highest BCUT2D eigenvalue weighted by molar-refractivity contribution is 6.10. The second-order valence-corrected chi connectivity index (χ2v) is 22.2. The fourth-order valence-corrected chi connectivity index (χ4v) is 8.04. The van der Waals surface area contributed by atoms with Crippen molar-refractivity contribution in [2.45, 2.75) is 146 Å². The number of aliphatic hydroxyl groups is 1. The summed E-state index contributed by atoms with van der Waals surface area (Å²) in [5, 5.41) is 109. The highest BCUT2D eigenvalue weighted by Crippen LogP contribution is 2.26. The maximum Gasteiger partial charge on any atom is 0.281 e. The van der Waals surface area contributed by atoms with Crippen LogP contribution in [0.3, 0.4) is 0 Å². The minimum Gasteiger partial charge on any atom is -0.638 e. The number of carbonyl (C=O) groups is 8. The summed E-state index contributed by atoms with van der Waals surface area (Å²) < 4.78 is 0. The van der Waals surface area contributed by atoms with Crippen LogP contribution in [0.25, 0.3) is 0 Å². The van der Waals surface area contributed by atoms with E-state index < -0.39 is 134 Å². The van der Waals surface area contributed by atoms with Crippen molar-refractivity contribution in [3.8, 4) is 0 Å². The summed E-state index contributed by atoms with van der Waals surface area (Å²) in [7, 11) is 0. The van der Waals surface area contributed by atoms with E-state index in [0.29, 0.717) is 25.7 Å². The molecule has 1 aliphatic carbocycles. The number of nitrogens with one attached hydrogen (secondary N) is 4. The summed E-state index contributed by atoms with van der Waals surface area (Å²) in [6.07, 6.45) is 1.64. The highest BCUT2D eigenvalue weighted by atomic mass is 35.5. The lowest BCUT2D eigenvalue weighted by Gasteiger charge is -2.20. The number of nitro benzene ring substituents is 6. The number of amides is 4. The Hall–Kier alpha value is -10.8. The molecule has 0 saturated carbocycles. The maximum atomic E-state index is 12.3. The first kappa shape index (κ1) is 86.2. The predicted octanol–water partition coefficient (Wildman–Crippen LogP) is 6.98.